The number of hydrogen-bond acceptors (Lipinski definition) is 3. The second-order valence-corrected chi connectivity index (χ2v) is 3.31. The van der Waals surface area contributed by atoms with Gasteiger partial charge in [-0.15, -0.1) is 0 Å². The summed E-state index contributed by atoms with van der Waals surface area (Å²) >= 11 is 0. The maximum absolute atomic E-state index is 11.3. The molecule has 5 heteroatoms. The van der Waals surface area contributed by atoms with Crippen LogP contribution in [0, 0.1) is 0 Å². The highest BCUT2D eigenvalue weighted by molar-refractivity contribution is 5.96. The SMILES string of the molecule is O=C1CCN(C2CCOC2)C(=O)N1. The molecule has 0 aromatic heterocycles. The van der Waals surface area contributed by atoms with Crippen molar-refractivity contribution in [2.24, 2.45) is 0 Å². The number of amides is 3. The number of nitrogens with one attached hydrogen (secondary N) is 1. The van der Waals surface area contributed by atoms with Crippen LogP contribution in [0.3, 0.4) is 0 Å². The second-order valence-electron chi connectivity index (χ2n) is 3.31. The summed E-state index contributed by atoms with van der Waals surface area (Å²) < 4.78 is 5.18. The maximum atomic E-state index is 11.3. The normalized spacial score (nSPS) is 29.2. The minimum absolute atomic E-state index is 0.160. The fourth-order valence-electron chi connectivity index (χ4n) is 1.69. The number of hydrogen-bond donors (Lipinski definition) is 1. The average Bonchev–Trinajstić information content (AvgIpc) is 2.56. The molecule has 0 aromatic carbocycles. The fourth-order valence-corrected chi connectivity index (χ4v) is 1.69. The molecule has 0 saturated carbocycles. The van der Waals surface area contributed by atoms with Crippen molar-refractivity contribution in [1.82, 2.24) is 10.2 Å². The molecule has 72 valence electrons. The lowest BCUT2D eigenvalue weighted by Gasteiger charge is -2.30. The molecule has 5 nitrogen and oxygen atoms in total. The molecule has 1 atom stereocenters. The lowest BCUT2D eigenvalue weighted by Crippen LogP contribution is -2.53. The molecule has 0 radical (unpaired) electrons. The van der Waals surface area contributed by atoms with Gasteiger partial charge < -0.3 is 9.64 Å². The highest BCUT2D eigenvalue weighted by Crippen LogP contribution is 2.14. The van der Waals surface area contributed by atoms with E-state index in [0.717, 1.165) is 6.42 Å². The Kier molecular flexibility index (Phi) is 2.18. The molecular formula is C8H12N2O3. The van der Waals surface area contributed by atoms with Crippen LogP contribution in [0.5, 0.6) is 0 Å². The number of imide groups is 1. The molecule has 2 aliphatic rings. The highest BCUT2D eigenvalue weighted by Gasteiger charge is 2.31. The van der Waals surface area contributed by atoms with E-state index in [0.29, 0.717) is 26.2 Å². The van der Waals surface area contributed by atoms with E-state index in [1.54, 1.807) is 4.90 Å². The quantitative estimate of drug-likeness (QED) is 0.609. The van der Waals surface area contributed by atoms with Crippen molar-refractivity contribution < 1.29 is 14.3 Å². The van der Waals surface area contributed by atoms with E-state index in [1.165, 1.54) is 0 Å². The molecule has 2 heterocycles. The lowest BCUT2D eigenvalue weighted by atomic mass is 10.2. The Balaban J connectivity index is 1.98. The highest BCUT2D eigenvalue weighted by atomic mass is 16.5. The van der Waals surface area contributed by atoms with Crippen molar-refractivity contribution >= 4 is 11.9 Å². The van der Waals surface area contributed by atoms with Gasteiger partial charge in [0.25, 0.3) is 0 Å². The predicted molar refractivity (Wildman–Crippen MR) is 44.1 cm³/mol. The largest absolute Gasteiger partial charge is 0.379 e. The first-order valence-corrected chi connectivity index (χ1v) is 4.45. The van der Waals surface area contributed by atoms with E-state index >= 15 is 0 Å². The van der Waals surface area contributed by atoms with Gasteiger partial charge in [0, 0.05) is 19.6 Å². The van der Waals surface area contributed by atoms with Gasteiger partial charge in [0.1, 0.15) is 0 Å². The summed E-state index contributed by atoms with van der Waals surface area (Å²) in [6.07, 6.45) is 1.28. The third-order valence-electron chi connectivity index (χ3n) is 2.43. The zero-order valence-corrected chi connectivity index (χ0v) is 7.28. The lowest BCUT2D eigenvalue weighted by molar-refractivity contribution is -0.121. The maximum Gasteiger partial charge on any atom is 0.324 e. The summed E-state index contributed by atoms with van der Waals surface area (Å²) in [7, 11) is 0. The Morgan fingerprint density at radius 3 is 2.92 bits per heavy atom. The fraction of sp³-hybridized carbons (Fsp3) is 0.750. The summed E-state index contributed by atoms with van der Waals surface area (Å²) in [5.74, 6) is -0.180. The Morgan fingerprint density at radius 2 is 2.31 bits per heavy atom. The van der Waals surface area contributed by atoms with Gasteiger partial charge in [0.2, 0.25) is 5.91 Å². The van der Waals surface area contributed by atoms with Gasteiger partial charge in [-0.3, -0.25) is 10.1 Å². The first-order chi connectivity index (χ1) is 6.27. The second kappa shape index (κ2) is 3.33. The molecule has 13 heavy (non-hydrogen) atoms. The van der Waals surface area contributed by atoms with Crippen LogP contribution in [0.2, 0.25) is 0 Å². The minimum Gasteiger partial charge on any atom is -0.379 e. The predicted octanol–water partition coefficient (Wildman–Crippen LogP) is -0.283. The number of carbonyl (C=O) groups excluding carboxylic acids is 2. The van der Waals surface area contributed by atoms with Crippen LogP contribution in [-0.4, -0.2) is 42.6 Å². The zero-order chi connectivity index (χ0) is 9.26. The van der Waals surface area contributed by atoms with Crippen LogP contribution >= 0.6 is 0 Å². The molecule has 0 spiro atoms. The van der Waals surface area contributed by atoms with Crippen LogP contribution in [0.4, 0.5) is 4.79 Å². The Labute approximate surface area is 76.0 Å². The van der Waals surface area contributed by atoms with Crippen molar-refractivity contribution in [3.63, 3.8) is 0 Å². The first kappa shape index (κ1) is 8.50. The molecule has 2 rings (SSSR count). The third-order valence-corrected chi connectivity index (χ3v) is 2.43. The number of urea groups is 1. The number of rotatable bonds is 1. The summed E-state index contributed by atoms with van der Waals surface area (Å²) in [6.45, 7) is 1.84. The van der Waals surface area contributed by atoms with Crippen molar-refractivity contribution in [1.29, 1.82) is 0 Å². The smallest absolute Gasteiger partial charge is 0.324 e. The monoisotopic (exact) mass is 184 g/mol. The number of carbonyl (C=O) groups is 2. The van der Waals surface area contributed by atoms with Crippen molar-refractivity contribution in [3.05, 3.63) is 0 Å². The summed E-state index contributed by atoms with van der Waals surface area (Å²) in [6, 6.07) is -0.111. The van der Waals surface area contributed by atoms with Crippen LogP contribution in [0.1, 0.15) is 12.8 Å². The Bertz CT molecular complexity index is 236. The van der Waals surface area contributed by atoms with Gasteiger partial charge in [-0.1, -0.05) is 0 Å². The molecular weight excluding hydrogens is 172 g/mol. The van der Waals surface area contributed by atoms with Crippen LogP contribution in [0.15, 0.2) is 0 Å². The molecule has 3 amide bonds. The van der Waals surface area contributed by atoms with Gasteiger partial charge in [-0.05, 0) is 6.42 Å². The van der Waals surface area contributed by atoms with E-state index in [1.807, 2.05) is 0 Å². The van der Waals surface area contributed by atoms with Crippen molar-refractivity contribution in [2.45, 2.75) is 18.9 Å². The van der Waals surface area contributed by atoms with E-state index in [9.17, 15) is 9.59 Å². The third kappa shape index (κ3) is 1.65. The Morgan fingerprint density at radius 1 is 1.46 bits per heavy atom. The van der Waals surface area contributed by atoms with E-state index in [2.05, 4.69) is 5.32 Å². The molecule has 0 bridgehead atoms. The number of nitrogens with zero attached hydrogens (tertiary/aromatic N) is 1. The zero-order valence-electron chi connectivity index (χ0n) is 7.28. The molecule has 1 N–H and O–H groups in total. The molecule has 2 aliphatic heterocycles. The van der Waals surface area contributed by atoms with Gasteiger partial charge >= 0.3 is 6.03 Å². The molecule has 2 fully saturated rings. The standard InChI is InChI=1S/C8H12N2O3/c11-7-1-3-10(8(12)9-7)6-2-4-13-5-6/h6H,1-5H2,(H,9,11,12). The van der Waals surface area contributed by atoms with Crippen LogP contribution < -0.4 is 5.32 Å². The minimum atomic E-state index is -0.272. The van der Waals surface area contributed by atoms with Gasteiger partial charge in [0.15, 0.2) is 0 Å². The van der Waals surface area contributed by atoms with Gasteiger partial charge in [-0.25, -0.2) is 4.79 Å². The Hall–Kier alpha value is -1.10. The van der Waals surface area contributed by atoms with Crippen molar-refractivity contribution in [3.8, 4) is 0 Å². The average molecular weight is 184 g/mol. The van der Waals surface area contributed by atoms with E-state index in [4.69, 9.17) is 4.74 Å². The molecule has 0 aromatic rings. The van der Waals surface area contributed by atoms with Gasteiger partial charge in [-0.2, -0.15) is 0 Å². The van der Waals surface area contributed by atoms with Gasteiger partial charge in [0.05, 0.1) is 12.6 Å². The molecule has 1 unspecified atom stereocenters. The topological polar surface area (TPSA) is 58.6 Å². The van der Waals surface area contributed by atoms with E-state index < -0.39 is 0 Å². The molecule has 0 aliphatic carbocycles. The van der Waals surface area contributed by atoms with Crippen LogP contribution in [0.25, 0.3) is 0 Å². The summed E-state index contributed by atoms with van der Waals surface area (Å²) in [5, 5.41) is 2.30. The molecule has 2 saturated heterocycles. The first-order valence-electron chi connectivity index (χ1n) is 4.45. The summed E-state index contributed by atoms with van der Waals surface area (Å²) in [5.41, 5.74) is 0. The van der Waals surface area contributed by atoms with Crippen LogP contribution in [-0.2, 0) is 9.53 Å². The van der Waals surface area contributed by atoms with Crippen molar-refractivity contribution in [2.75, 3.05) is 19.8 Å². The number of ether oxygens (including phenoxy) is 1. The van der Waals surface area contributed by atoms with E-state index in [-0.39, 0.29) is 18.0 Å². The summed E-state index contributed by atoms with van der Waals surface area (Å²) in [4.78, 5) is 23.9.